The fourth-order valence-corrected chi connectivity index (χ4v) is 4.14. The fraction of sp³-hybridized carbons (Fsp3) is 0. The lowest BCUT2D eigenvalue weighted by molar-refractivity contribution is 0.547. The van der Waals surface area contributed by atoms with Crippen molar-refractivity contribution in [3.05, 3.63) is 83.2 Å². The maximum atomic E-state index is 6.10. The molecule has 5 rings (SSSR count). The van der Waals surface area contributed by atoms with Gasteiger partial charge < -0.3 is 4.42 Å². The highest BCUT2D eigenvalue weighted by Gasteiger charge is 2.12. The summed E-state index contributed by atoms with van der Waals surface area (Å²) in [4.78, 5) is 13.7. The Kier molecular flexibility index (Phi) is 4.12. The van der Waals surface area contributed by atoms with Gasteiger partial charge in [-0.1, -0.05) is 48.5 Å². The minimum absolute atomic E-state index is 0.526. The van der Waals surface area contributed by atoms with Crippen LogP contribution in [-0.4, -0.2) is 9.97 Å². The van der Waals surface area contributed by atoms with E-state index in [2.05, 4.69) is 33.6 Å². The maximum absolute atomic E-state index is 6.10. The van der Waals surface area contributed by atoms with Gasteiger partial charge in [0.1, 0.15) is 10.6 Å². The van der Waals surface area contributed by atoms with Crippen LogP contribution in [0.1, 0.15) is 0 Å². The van der Waals surface area contributed by atoms with Crippen LogP contribution < -0.4 is 5.55 Å². The van der Waals surface area contributed by atoms with E-state index in [1.807, 2.05) is 47.8 Å². The summed E-state index contributed by atoms with van der Waals surface area (Å²) in [6.07, 6.45) is 1.74. The van der Waals surface area contributed by atoms with E-state index < -0.39 is 0 Å². The zero-order chi connectivity index (χ0) is 18.1. The first-order valence-electron chi connectivity index (χ1n) is 8.35. The molecule has 0 bridgehead atoms. The van der Waals surface area contributed by atoms with Gasteiger partial charge >= 0.3 is 0 Å². The molecule has 0 fully saturated rings. The first-order chi connectivity index (χ1) is 13.4. The average Bonchev–Trinajstić information content (AvgIpc) is 3.40. The van der Waals surface area contributed by atoms with Crippen LogP contribution in [0, 0.1) is 0 Å². The Labute approximate surface area is 163 Å². The summed E-state index contributed by atoms with van der Waals surface area (Å²) in [5.41, 5.74) is 4.23. The van der Waals surface area contributed by atoms with Gasteiger partial charge in [0, 0.05) is 27.9 Å². The molecule has 4 nitrogen and oxygen atoms in total. The van der Waals surface area contributed by atoms with Gasteiger partial charge in [0.2, 0.25) is 10.7 Å². The number of rotatable bonds is 3. The van der Waals surface area contributed by atoms with E-state index >= 15 is 0 Å². The predicted octanol–water partition coefficient (Wildman–Crippen LogP) is 5.91. The number of benzene rings is 2. The molecule has 3 aromatic heterocycles. The number of aromatic nitrogens is 2. The topological polar surface area (TPSA) is 51.3 Å². The number of nitrogens with zero attached hydrogens (tertiary/aromatic N) is 3. The van der Waals surface area contributed by atoms with Gasteiger partial charge in [-0.15, -0.1) is 22.7 Å². The second-order valence-electron chi connectivity index (χ2n) is 5.83. The molecular formula is C21H13N3OS2. The van der Waals surface area contributed by atoms with E-state index in [1.54, 1.807) is 17.5 Å². The van der Waals surface area contributed by atoms with Crippen molar-refractivity contribution >= 4 is 38.8 Å². The monoisotopic (exact) mass is 387 g/mol. The molecule has 5 aromatic rings. The number of hydrogen-bond donors (Lipinski definition) is 0. The normalized spacial score (nSPS) is 11.9. The Morgan fingerprint density at radius 1 is 0.926 bits per heavy atom. The first kappa shape index (κ1) is 16.1. The molecule has 0 radical (unpaired) electrons. The summed E-state index contributed by atoms with van der Waals surface area (Å²) in [6.45, 7) is 0. The standard InChI is InChI=1S/C21H13N3OS2/c1-2-6-14(7-3-1)17-13-27-20(23-17)16-12-15-8-4-5-9-18(15)25-19(16)24-21-22-10-11-26-21/h1-13H/b24-19-. The molecule has 0 aliphatic rings. The van der Waals surface area contributed by atoms with Gasteiger partial charge in [-0.25, -0.2) is 9.97 Å². The van der Waals surface area contributed by atoms with Crippen molar-refractivity contribution in [2.24, 2.45) is 4.99 Å². The Hall–Kier alpha value is -3.09. The number of fused-ring (bicyclic) bond motifs is 1. The summed E-state index contributed by atoms with van der Waals surface area (Å²) >= 11 is 3.06. The lowest BCUT2D eigenvalue weighted by Crippen LogP contribution is -2.05. The number of hydrogen-bond acceptors (Lipinski definition) is 6. The molecule has 0 saturated heterocycles. The molecular weight excluding hydrogens is 374 g/mol. The average molecular weight is 387 g/mol. The molecule has 3 heterocycles. The predicted molar refractivity (Wildman–Crippen MR) is 110 cm³/mol. The second-order valence-corrected chi connectivity index (χ2v) is 7.56. The van der Waals surface area contributed by atoms with Crippen molar-refractivity contribution in [2.75, 3.05) is 0 Å². The molecule has 27 heavy (non-hydrogen) atoms. The zero-order valence-corrected chi connectivity index (χ0v) is 15.7. The molecule has 0 unspecified atom stereocenters. The minimum Gasteiger partial charge on any atom is -0.438 e. The van der Waals surface area contributed by atoms with Gasteiger partial charge in [-0.3, -0.25) is 0 Å². The minimum atomic E-state index is 0.526. The number of thiazole rings is 2. The molecule has 0 aliphatic heterocycles. The van der Waals surface area contributed by atoms with E-state index in [9.17, 15) is 0 Å². The highest BCUT2D eigenvalue weighted by Crippen LogP contribution is 2.29. The zero-order valence-electron chi connectivity index (χ0n) is 14.1. The SMILES string of the molecule is c1ccc(-c2csc(-c3cc4ccccc4o/c3=N\c3nccs3)n2)cc1. The van der Waals surface area contributed by atoms with Gasteiger partial charge in [0.15, 0.2) is 0 Å². The van der Waals surface area contributed by atoms with Crippen LogP contribution in [0.15, 0.2) is 87.0 Å². The lowest BCUT2D eigenvalue weighted by atomic mass is 10.1. The summed E-state index contributed by atoms with van der Waals surface area (Å²) in [5, 5.41) is 6.51. The summed E-state index contributed by atoms with van der Waals surface area (Å²) < 4.78 is 6.10. The molecule has 0 N–H and O–H groups in total. The highest BCUT2D eigenvalue weighted by molar-refractivity contribution is 7.13. The largest absolute Gasteiger partial charge is 0.438 e. The Morgan fingerprint density at radius 3 is 2.63 bits per heavy atom. The highest BCUT2D eigenvalue weighted by atomic mass is 32.1. The van der Waals surface area contributed by atoms with Crippen molar-refractivity contribution < 1.29 is 4.42 Å². The van der Waals surface area contributed by atoms with Crippen molar-refractivity contribution in [2.45, 2.75) is 0 Å². The van der Waals surface area contributed by atoms with Gasteiger partial charge in [0.25, 0.3) is 0 Å². The third-order valence-corrected chi connectivity index (χ3v) is 5.62. The maximum Gasteiger partial charge on any atom is 0.232 e. The molecule has 0 atom stereocenters. The second kappa shape index (κ2) is 6.90. The van der Waals surface area contributed by atoms with E-state index in [1.165, 1.54) is 11.3 Å². The Balaban J connectivity index is 1.71. The molecule has 0 aliphatic carbocycles. The molecule has 0 saturated carbocycles. The van der Waals surface area contributed by atoms with E-state index in [0.717, 1.165) is 32.8 Å². The Morgan fingerprint density at radius 2 is 1.78 bits per heavy atom. The summed E-state index contributed by atoms with van der Waals surface area (Å²) in [5.74, 6) is 0. The van der Waals surface area contributed by atoms with Crippen LogP contribution >= 0.6 is 22.7 Å². The van der Waals surface area contributed by atoms with Crippen LogP contribution in [0.3, 0.4) is 0 Å². The molecule has 2 aromatic carbocycles. The van der Waals surface area contributed by atoms with E-state index in [4.69, 9.17) is 9.40 Å². The van der Waals surface area contributed by atoms with Crippen LogP contribution in [0.4, 0.5) is 5.13 Å². The number of para-hydroxylation sites is 1. The third-order valence-electron chi connectivity index (χ3n) is 4.08. The summed E-state index contributed by atoms with van der Waals surface area (Å²) in [6, 6.07) is 20.2. The summed E-state index contributed by atoms with van der Waals surface area (Å²) in [7, 11) is 0. The van der Waals surface area contributed by atoms with Crippen molar-refractivity contribution in [3.63, 3.8) is 0 Å². The van der Waals surface area contributed by atoms with Crippen molar-refractivity contribution in [3.8, 4) is 21.8 Å². The van der Waals surface area contributed by atoms with Gasteiger partial charge in [-0.05, 0) is 12.1 Å². The third kappa shape index (κ3) is 3.20. The van der Waals surface area contributed by atoms with Gasteiger partial charge in [0.05, 0.1) is 11.3 Å². The lowest BCUT2D eigenvalue weighted by Gasteiger charge is -2.02. The van der Waals surface area contributed by atoms with Crippen LogP contribution in [0.25, 0.3) is 32.8 Å². The molecule has 0 amide bonds. The van der Waals surface area contributed by atoms with E-state index in [0.29, 0.717) is 10.7 Å². The first-order valence-corrected chi connectivity index (χ1v) is 10.1. The van der Waals surface area contributed by atoms with Crippen LogP contribution in [-0.2, 0) is 0 Å². The van der Waals surface area contributed by atoms with Crippen molar-refractivity contribution in [1.29, 1.82) is 0 Å². The smallest absolute Gasteiger partial charge is 0.232 e. The molecule has 130 valence electrons. The molecule has 0 spiro atoms. The fourth-order valence-electron chi connectivity index (χ4n) is 2.80. The van der Waals surface area contributed by atoms with Crippen LogP contribution in [0.2, 0.25) is 0 Å². The Bertz CT molecular complexity index is 1270. The van der Waals surface area contributed by atoms with Crippen molar-refractivity contribution in [1.82, 2.24) is 9.97 Å². The van der Waals surface area contributed by atoms with Crippen LogP contribution in [0.5, 0.6) is 0 Å². The molecule has 6 heteroatoms. The quantitative estimate of drug-likeness (QED) is 0.386. The van der Waals surface area contributed by atoms with E-state index in [-0.39, 0.29) is 0 Å². The van der Waals surface area contributed by atoms with Gasteiger partial charge in [-0.2, -0.15) is 4.99 Å².